The van der Waals surface area contributed by atoms with Crippen LogP contribution in [0.5, 0.6) is 0 Å². The number of carbonyl (C=O) groups excluding carboxylic acids is 3. The molecule has 3 N–H and O–H groups in total. The van der Waals surface area contributed by atoms with E-state index in [2.05, 4.69) is 16.0 Å². The molecule has 1 aliphatic heterocycles. The number of alkyl halides is 3. The predicted octanol–water partition coefficient (Wildman–Crippen LogP) is 3.84. The topological polar surface area (TPSA) is 87.3 Å². The van der Waals surface area contributed by atoms with Gasteiger partial charge in [0.2, 0.25) is 17.7 Å². The summed E-state index contributed by atoms with van der Waals surface area (Å²) in [7, 11) is 0. The van der Waals surface area contributed by atoms with Gasteiger partial charge in [-0.05, 0) is 48.7 Å². The number of imide groups is 1. The van der Waals surface area contributed by atoms with Gasteiger partial charge in [-0.25, -0.2) is 0 Å². The molecule has 3 rings (SSSR count). The lowest BCUT2D eigenvalue weighted by atomic mass is 9.72. The van der Waals surface area contributed by atoms with Crippen molar-refractivity contribution in [1.29, 1.82) is 0 Å². The molecule has 1 atom stereocenters. The summed E-state index contributed by atoms with van der Waals surface area (Å²) in [6, 6.07) is 11.4. The van der Waals surface area contributed by atoms with E-state index in [-0.39, 0.29) is 30.5 Å². The second kappa shape index (κ2) is 8.79. The first-order chi connectivity index (χ1) is 14.6. The third-order valence-electron chi connectivity index (χ3n) is 5.43. The Bertz CT molecular complexity index is 989. The molecule has 0 aliphatic carbocycles. The van der Waals surface area contributed by atoms with Crippen LogP contribution in [0.3, 0.4) is 0 Å². The molecule has 1 heterocycles. The van der Waals surface area contributed by atoms with Gasteiger partial charge in [-0.15, -0.1) is 0 Å². The number of hydrogen-bond donors (Lipinski definition) is 3. The standard InChI is InChI=1S/C22H22F3N3O3/c1-2-21(11-10-18(29)28-20(21)31)14-6-8-16(9-7-14)27-19(30)13-26-17-5-3-4-15(12-17)22(23,24)25/h3-9,12,26H,2,10-11,13H2,1H3,(H,27,30)(H,28,29,31). The molecule has 1 unspecified atom stereocenters. The van der Waals surface area contributed by atoms with Crippen LogP contribution in [-0.2, 0) is 26.0 Å². The molecule has 0 radical (unpaired) electrons. The van der Waals surface area contributed by atoms with Crippen molar-refractivity contribution in [3.8, 4) is 0 Å². The lowest BCUT2D eigenvalue weighted by molar-refractivity contribution is -0.139. The number of benzene rings is 2. The highest BCUT2D eigenvalue weighted by Crippen LogP contribution is 2.36. The summed E-state index contributed by atoms with van der Waals surface area (Å²) in [4.78, 5) is 36.1. The van der Waals surface area contributed by atoms with E-state index in [4.69, 9.17) is 0 Å². The van der Waals surface area contributed by atoms with Crippen LogP contribution in [0.1, 0.15) is 37.3 Å². The van der Waals surface area contributed by atoms with Crippen molar-refractivity contribution in [2.75, 3.05) is 17.2 Å². The van der Waals surface area contributed by atoms with Gasteiger partial charge in [0.05, 0.1) is 17.5 Å². The highest BCUT2D eigenvalue weighted by Gasteiger charge is 2.42. The minimum absolute atomic E-state index is 0.183. The van der Waals surface area contributed by atoms with Crippen LogP contribution in [0, 0.1) is 0 Å². The maximum atomic E-state index is 12.8. The Morgan fingerprint density at radius 1 is 1.10 bits per heavy atom. The quantitative estimate of drug-likeness (QED) is 0.604. The normalized spacial score (nSPS) is 19.0. The van der Waals surface area contributed by atoms with Crippen molar-refractivity contribution in [3.05, 3.63) is 59.7 Å². The third-order valence-corrected chi connectivity index (χ3v) is 5.43. The largest absolute Gasteiger partial charge is 0.416 e. The molecule has 0 bridgehead atoms. The maximum Gasteiger partial charge on any atom is 0.416 e. The third kappa shape index (κ3) is 5.04. The molecule has 0 aromatic heterocycles. The van der Waals surface area contributed by atoms with Gasteiger partial charge in [-0.3, -0.25) is 19.7 Å². The zero-order valence-corrected chi connectivity index (χ0v) is 16.8. The van der Waals surface area contributed by atoms with Crippen LogP contribution in [0.2, 0.25) is 0 Å². The van der Waals surface area contributed by atoms with Gasteiger partial charge in [0.15, 0.2) is 0 Å². The average Bonchev–Trinajstić information content (AvgIpc) is 2.73. The van der Waals surface area contributed by atoms with E-state index in [0.29, 0.717) is 18.5 Å². The van der Waals surface area contributed by atoms with Crippen molar-refractivity contribution in [3.63, 3.8) is 0 Å². The molecule has 1 aliphatic rings. The molecule has 6 nitrogen and oxygen atoms in total. The number of halogens is 3. The zero-order valence-electron chi connectivity index (χ0n) is 16.8. The summed E-state index contributed by atoms with van der Waals surface area (Å²) in [5.41, 5.74) is -0.172. The fraction of sp³-hybridized carbons (Fsp3) is 0.318. The minimum Gasteiger partial charge on any atom is -0.376 e. The fourth-order valence-corrected chi connectivity index (χ4v) is 3.63. The summed E-state index contributed by atoms with van der Waals surface area (Å²) in [6.07, 6.45) is -3.25. The van der Waals surface area contributed by atoms with E-state index < -0.39 is 23.1 Å². The van der Waals surface area contributed by atoms with E-state index >= 15 is 0 Å². The maximum absolute atomic E-state index is 12.8. The summed E-state index contributed by atoms with van der Waals surface area (Å²) in [6.45, 7) is 1.66. The number of carbonyl (C=O) groups is 3. The van der Waals surface area contributed by atoms with Gasteiger partial charge in [-0.2, -0.15) is 13.2 Å². The summed E-state index contributed by atoms with van der Waals surface area (Å²) < 4.78 is 38.3. The zero-order chi connectivity index (χ0) is 22.6. The van der Waals surface area contributed by atoms with Crippen LogP contribution < -0.4 is 16.0 Å². The molecule has 31 heavy (non-hydrogen) atoms. The van der Waals surface area contributed by atoms with E-state index in [1.807, 2.05) is 6.92 Å². The summed E-state index contributed by atoms with van der Waals surface area (Å²) in [5.74, 6) is -1.05. The van der Waals surface area contributed by atoms with E-state index in [0.717, 1.165) is 17.7 Å². The van der Waals surface area contributed by atoms with E-state index in [1.165, 1.54) is 12.1 Å². The number of hydrogen-bond acceptors (Lipinski definition) is 4. The number of anilines is 2. The Hall–Kier alpha value is -3.36. The van der Waals surface area contributed by atoms with Gasteiger partial charge < -0.3 is 10.6 Å². The highest BCUT2D eigenvalue weighted by molar-refractivity contribution is 6.03. The second-order valence-corrected chi connectivity index (χ2v) is 7.37. The molecular formula is C22H22F3N3O3. The van der Waals surface area contributed by atoms with Gasteiger partial charge >= 0.3 is 6.18 Å². The molecule has 164 valence electrons. The number of nitrogens with one attached hydrogen (secondary N) is 3. The van der Waals surface area contributed by atoms with Crippen LogP contribution >= 0.6 is 0 Å². The van der Waals surface area contributed by atoms with Crippen molar-refractivity contribution >= 4 is 29.1 Å². The van der Waals surface area contributed by atoms with E-state index in [9.17, 15) is 27.6 Å². The van der Waals surface area contributed by atoms with Gasteiger partial charge in [0.25, 0.3) is 0 Å². The van der Waals surface area contributed by atoms with Gasteiger partial charge in [-0.1, -0.05) is 25.1 Å². The molecule has 9 heteroatoms. The summed E-state index contributed by atoms with van der Waals surface area (Å²) >= 11 is 0. The molecule has 2 aromatic rings. The Morgan fingerprint density at radius 3 is 2.42 bits per heavy atom. The number of amides is 3. The van der Waals surface area contributed by atoms with Crippen LogP contribution in [0.4, 0.5) is 24.5 Å². The van der Waals surface area contributed by atoms with Crippen LogP contribution in [0.25, 0.3) is 0 Å². The first-order valence-electron chi connectivity index (χ1n) is 9.80. The van der Waals surface area contributed by atoms with Crippen molar-refractivity contribution < 1.29 is 27.6 Å². The lowest BCUT2D eigenvalue weighted by Crippen LogP contribution is -2.51. The van der Waals surface area contributed by atoms with Crippen molar-refractivity contribution in [2.45, 2.75) is 37.8 Å². The lowest BCUT2D eigenvalue weighted by Gasteiger charge is -2.35. The van der Waals surface area contributed by atoms with Gasteiger partial charge in [0, 0.05) is 17.8 Å². The van der Waals surface area contributed by atoms with Crippen LogP contribution in [-0.4, -0.2) is 24.3 Å². The molecule has 1 saturated heterocycles. The number of rotatable bonds is 6. The second-order valence-electron chi connectivity index (χ2n) is 7.37. The number of piperidine rings is 1. The predicted molar refractivity (Wildman–Crippen MR) is 109 cm³/mol. The molecule has 1 fully saturated rings. The Morgan fingerprint density at radius 2 is 1.81 bits per heavy atom. The van der Waals surface area contributed by atoms with Gasteiger partial charge in [0.1, 0.15) is 0 Å². The molecule has 0 saturated carbocycles. The fourth-order valence-electron chi connectivity index (χ4n) is 3.63. The van der Waals surface area contributed by atoms with Crippen molar-refractivity contribution in [1.82, 2.24) is 5.32 Å². The Kier molecular flexibility index (Phi) is 6.33. The van der Waals surface area contributed by atoms with Crippen LogP contribution in [0.15, 0.2) is 48.5 Å². The Labute approximate surface area is 177 Å². The smallest absolute Gasteiger partial charge is 0.376 e. The Balaban J connectivity index is 1.62. The van der Waals surface area contributed by atoms with Crippen molar-refractivity contribution in [2.24, 2.45) is 0 Å². The monoisotopic (exact) mass is 433 g/mol. The minimum atomic E-state index is -4.46. The highest BCUT2D eigenvalue weighted by atomic mass is 19.4. The molecule has 3 amide bonds. The summed E-state index contributed by atoms with van der Waals surface area (Å²) in [5, 5.41) is 7.71. The SMILES string of the molecule is CCC1(c2ccc(NC(=O)CNc3cccc(C(F)(F)F)c3)cc2)CCC(=O)NC1=O. The average molecular weight is 433 g/mol. The molecule has 0 spiro atoms. The van der Waals surface area contributed by atoms with E-state index in [1.54, 1.807) is 24.3 Å². The first-order valence-corrected chi connectivity index (χ1v) is 9.80. The molecular weight excluding hydrogens is 411 g/mol. The first kappa shape index (κ1) is 22.3. The molecule has 2 aromatic carbocycles.